The number of alkyl halides is 2. The molecule has 7 aromatic rings. The van der Waals surface area contributed by atoms with Crippen molar-refractivity contribution in [2.75, 3.05) is 0 Å². The SMILES string of the molecule is [2H]C([2H])([2H])c1cnc(-c2cccc3c2oc2c3ccc3ccc4ccccc4c32)cc1-c1ccc(C2([2H])CCC(F)(F)CC2)cc1C([2H])([2H])[2H]. The maximum atomic E-state index is 14.0. The first-order valence-electron chi connectivity index (χ1n) is 17.9. The molecule has 0 aliphatic heterocycles. The van der Waals surface area contributed by atoms with Crippen molar-refractivity contribution < 1.29 is 22.8 Å². The van der Waals surface area contributed by atoms with Crippen LogP contribution in [0.3, 0.4) is 0 Å². The topological polar surface area (TPSA) is 26.0 Å². The van der Waals surface area contributed by atoms with E-state index in [2.05, 4.69) is 35.3 Å². The maximum absolute atomic E-state index is 14.0. The molecule has 0 N–H and O–H groups in total. The molecule has 43 heavy (non-hydrogen) atoms. The predicted molar refractivity (Wildman–Crippen MR) is 173 cm³/mol. The molecular weight excluding hydrogens is 536 g/mol. The van der Waals surface area contributed by atoms with E-state index in [0.29, 0.717) is 28.0 Å². The summed E-state index contributed by atoms with van der Waals surface area (Å²) >= 11 is 0. The number of hydrogen-bond donors (Lipinski definition) is 0. The lowest BCUT2D eigenvalue weighted by Crippen LogP contribution is -2.23. The van der Waals surface area contributed by atoms with Crippen LogP contribution in [-0.2, 0) is 0 Å². The molecule has 0 spiro atoms. The van der Waals surface area contributed by atoms with Gasteiger partial charge in [0.2, 0.25) is 5.92 Å². The number of fused-ring (bicyclic) bond motifs is 7. The molecule has 5 aromatic carbocycles. The van der Waals surface area contributed by atoms with Gasteiger partial charge in [-0.15, -0.1) is 0 Å². The van der Waals surface area contributed by atoms with Gasteiger partial charge in [0.25, 0.3) is 0 Å². The van der Waals surface area contributed by atoms with E-state index in [1.54, 1.807) is 12.1 Å². The number of aryl methyl sites for hydroxylation is 2. The van der Waals surface area contributed by atoms with Crippen LogP contribution >= 0.6 is 0 Å². The smallest absolute Gasteiger partial charge is 0.248 e. The molecular formula is C39H31F2NO. The molecule has 2 heterocycles. The highest BCUT2D eigenvalue weighted by Crippen LogP contribution is 2.43. The number of pyridine rings is 1. The minimum absolute atomic E-state index is 0.119. The zero-order valence-corrected chi connectivity index (χ0v) is 23.2. The molecule has 0 bridgehead atoms. The van der Waals surface area contributed by atoms with Gasteiger partial charge in [-0.2, -0.15) is 0 Å². The number of benzene rings is 5. The number of halogens is 2. The maximum Gasteiger partial charge on any atom is 0.248 e. The molecule has 1 aliphatic rings. The van der Waals surface area contributed by atoms with Crippen molar-refractivity contribution in [3.05, 3.63) is 114 Å². The van der Waals surface area contributed by atoms with E-state index in [1.165, 1.54) is 18.3 Å². The van der Waals surface area contributed by atoms with Crippen LogP contribution in [0.2, 0.25) is 0 Å². The van der Waals surface area contributed by atoms with E-state index in [-0.39, 0.29) is 35.1 Å². The zero-order chi connectivity index (χ0) is 35.2. The Bertz CT molecular complexity index is 2470. The van der Waals surface area contributed by atoms with Crippen molar-refractivity contribution in [1.82, 2.24) is 4.98 Å². The Hall–Kier alpha value is -4.57. The van der Waals surface area contributed by atoms with Crippen molar-refractivity contribution >= 4 is 43.5 Å². The Labute approximate surface area is 258 Å². The molecule has 0 radical (unpaired) electrons. The fourth-order valence-electron chi connectivity index (χ4n) is 6.58. The lowest BCUT2D eigenvalue weighted by molar-refractivity contribution is -0.0382. The molecule has 8 rings (SSSR count). The molecule has 0 unspecified atom stereocenters. The van der Waals surface area contributed by atoms with Gasteiger partial charge in [0.15, 0.2) is 0 Å². The second-order valence-electron chi connectivity index (χ2n) is 11.4. The third-order valence-corrected chi connectivity index (χ3v) is 8.85. The zero-order valence-electron chi connectivity index (χ0n) is 30.2. The van der Waals surface area contributed by atoms with Gasteiger partial charge in [0.05, 0.1) is 5.69 Å². The average Bonchev–Trinajstić information content (AvgIpc) is 3.47. The summed E-state index contributed by atoms with van der Waals surface area (Å²) in [6, 6.07) is 28.0. The summed E-state index contributed by atoms with van der Waals surface area (Å²) in [5.41, 5.74) is 2.61. The fraction of sp³-hybridized carbons (Fsp3) is 0.205. The number of nitrogens with zero attached hydrogens (tertiary/aromatic N) is 1. The van der Waals surface area contributed by atoms with Crippen LogP contribution < -0.4 is 0 Å². The Kier molecular flexibility index (Phi) is 4.43. The Morgan fingerprint density at radius 3 is 2.37 bits per heavy atom. The number of hydrogen-bond acceptors (Lipinski definition) is 2. The minimum Gasteiger partial charge on any atom is -0.455 e. The van der Waals surface area contributed by atoms with Gasteiger partial charge in [0.1, 0.15) is 11.2 Å². The Morgan fingerprint density at radius 2 is 1.51 bits per heavy atom. The first kappa shape index (κ1) is 19.6. The molecule has 0 atom stereocenters. The highest BCUT2D eigenvalue weighted by atomic mass is 19.3. The lowest BCUT2D eigenvalue weighted by atomic mass is 9.81. The monoisotopic (exact) mass is 574 g/mol. The van der Waals surface area contributed by atoms with Crippen molar-refractivity contribution in [2.45, 2.75) is 51.2 Å². The third kappa shape index (κ3) is 4.31. The summed E-state index contributed by atoms with van der Waals surface area (Å²) < 4.78 is 93.9. The summed E-state index contributed by atoms with van der Waals surface area (Å²) in [5.74, 6) is -4.24. The van der Waals surface area contributed by atoms with Gasteiger partial charge in [0, 0.05) is 50.4 Å². The second kappa shape index (κ2) is 9.74. The van der Waals surface area contributed by atoms with Crippen molar-refractivity contribution in [3.8, 4) is 22.4 Å². The van der Waals surface area contributed by atoms with Gasteiger partial charge in [-0.25, -0.2) is 8.78 Å². The lowest BCUT2D eigenvalue weighted by Gasteiger charge is -2.29. The molecule has 212 valence electrons. The molecule has 1 aliphatic carbocycles. The normalized spacial score (nSPS) is 19.3. The summed E-state index contributed by atoms with van der Waals surface area (Å²) in [6.07, 6.45) is 0.0995. The van der Waals surface area contributed by atoms with Crippen LogP contribution in [0.25, 0.3) is 65.9 Å². The van der Waals surface area contributed by atoms with Crippen molar-refractivity contribution in [1.29, 1.82) is 0 Å². The van der Waals surface area contributed by atoms with Crippen LogP contribution in [0.5, 0.6) is 0 Å². The van der Waals surface area contributed by atoms with Gasteiger partial charge in [-0.1, -0.05) is 72.8 Å². The molecule has 2 aromatic heterocycles. The first-order valence-corrected chi connectivity index (χ1v) is 14.4. The quantitative estimate of drug-likeness (QED) is 0.196. The van der Waals surface area contributed by atoms with E-state index < -0.39 is 38.4 Å². The molecule has 1 saturated carbocycles. The summed E-state index contributed by atoms with van der Waals surface area (Å²) in [6.45, 7) is -5.33. The highest BCUT2D eigenvalue weighted by Gasteiger charge is 2.35. The molecule has 4 heteroatoms. The molecule has 0 saturated heterocycles. The van der Waals surface area contributed by atoms with Gasteiger partial charge >= 0.3 is 0 Å². The predicted octanol–water partition coefficient (Wildman–Crippen LogP) is 11.5. The second-order valence-corrected chi connectivity index (χ2v) is 11.4. The Balaban J connectivity index is 1.33. The van der Waals surface area contributed by atoms with Crippen molar-refractivity contribution in [3.63, 3.8) is 0 Å². The number of aromatic nitrogens is 1. The molecule has 2 nitrogen and oxygen atoms in total. The summed E-state index contributed by atoms with van der Waals surface area (Å²) in [5, 5.41) is 5.89. The highest BCUT2D eigenvalue weighted by molar-refractivity contribution is 6.23. The van der Waals surface area contributed by atoms with E-state index in [0.717, 1.165) is 32.3 Å². The van der Waals surface area contributed by atoms with Crippen LogP contribution in [0.15, 0.2) is 102 Å². The Morgan fingerprint density at radius 1 is 0.744 bits per heavy atom. The number of para-hydroxylation sites is 1. The average molecular weight is 575 g/mol. The van der Waals surface area contributed by atoms with E-state index in [9.17, 15) is 8.78 Å². The largest absolute Gasteiger partial charge is 0.455 e. The van der Waals surface area contributed by atoms with Gasteiger partial charge in [-0.3, -0.25) is 4.98 Å². The van der Waals surface area contributed by atoms with E-state index in [1.807, 2.05) is 36.4 Å². The van der Waals surface area contributed by atoms with Gasteiger partial charge < -0.3 is 4.42 Å². The molecule has 1 fully saturated rings. The summed E-state index contributed by atoms with van der Waals surface area (Å²) in [4.78, 5) is 4.58. The van der Waals surface area contributed by atoms with Crippen LogP contribution in [0.1, 0.15) is 57.9 Å². The van der Waals surface area contributed by atoms with Crippen LogP contribution in [0.4, 0.5) is 8.78 Å². The number of furan rings is 1. The van der Waals surface area contributed by atoms with Crippen LogP contribution in [-0.4, -0.2) is 10.9 Å². The van der Waals surface area contributed by atoms with E-state index in [4.69, 9.17) is 14.0 Å². The summed E-state index contributed by atoms with van der Waals surface area (Å²) in [7, 11) is 0. The first-order chi connectivity index (χ1) is 23.6. The third-order valence-electron chi connectivity index (χ3n) is 8.85. The minimum atomic E-state index is -2.86. The van der Waals surface area contributed by atoms with Crippen molar-refractivity contribution in [2.24, 2.45) is 0 Å². The number of rotatable bonds is 3. The molecule has 0 amide bonds. The van der Waals surface area contributed by atoms with E-state index >= 15 is 0 Å². The fourth-order valence-corrected chi connectivity index (χ4v) is 6.58. The van der Waals surface area contributed by atoms with Crippen LogP contribution in [0, 0.1) is 13.7 Å². The standard InChI is InChI=1S/C39H31F2NO/c1-23-20-28(25-16-18-39(40,41)19-17-25)13-14-29(23)34-21-35(42-22-24(34)2)33-9-5-8-31-32-15-12-27-11-10-26-6-3-4-7-30(26)36(27)38(32)43-37(31)33/h3-15,20-22,25H,16-19H2,1-2H3/i1D3,2D3,25D. The van der Waals surface area contributed by atoms with Gasteiger partial charge in [-0.05, 0) is 94.6 Å².